The minimum atomic E-state index is -0.447. The number of hydrogen-bond acceptors (Lipinski definition) is 4. The first-order valence-corrected chi connectivity index (χ1v) is 6.03. The third kappa shape index (κ3) is 4.28. The number of aryl methyl sites for hydroxylation is 2. The highest BCUT2D eigenvalue weighted by Gasteiger charge is 2.11. The molecule has 1 unspecified atom stereocenters. The Bertz CT molecular complexity index is 290. The standard InChI is InChI=1S/C11H19NO2S/c1-7(2)14-6-10(13)5-11-12-8(3)9(4)15-11/h7,10,13H,5-6H2,1-4H3. The van der Waals surface area contributed by atoms with Crippen molar-refractivity contribution in [1.29, 1.82) is 0 Å². The molecule has 0 bridgehead atoms. The molecule has 0 radical (unpaired) electrons. The molecule has 0 spiro atoms. The molecule has 3 nitrogen and oxygen atoms in total. The predicted molar refractivity (Wildman–Crippen MR) is 62.4 cm³/mol. The van der Waals surface area contributed by atoms with Crippen LogP contribution in [0, 0.1) is 13.8 Å². The molecular formula is C11H19NO2S. The first-order chi connectivity index (χ1) is 6.99. The van der Waals surface area contributed by atoms with E-state index in [0.717, 1.165) is 10.7 Å². The maximum Gasteiger partial charge on any atom is 0.0957 e. The third-order valence-electron chi connectivity index (χ3n) is 2.11. The molecule has 0 amide bonds. The number of rotatable bonds is 5. The van der Waals surface area contributed by atoms with Crippen molar-refractivity contribution in [3.8, 4) is 0 Å². The smallest absolute Gasteiger partial charge is 0.0957 e. The van der Waals surface area contributed by atoms with Crippen LogP contribution in [-0.2, 0) is 11.2 Å². The molecule has 1 aromatic heterocycles. The minimum Gasteiger partial charge on any atom is -0.390 e. The van der Waals surface area contributed by atoms with Gasteiger partial charge in [0.2, 0.25) is 0 Å². The van der Waals surface area contributed by atoms with Crippen LogP contribution in [0.1, 0.15) is 29.4 Å². The van der Waals surface area contributed by atoms with E-state index in [0.29, 0.717) is 13.0 Å². The van der Waals surface area contributed by atoms with E-state index in [4.69, 9.17) is 4.74 Å². The molecule has 0 aliphatic rings. The van der Waals surface area contributed by atoms with Crippen molar-refractivity contribution in [2.45, 2.75) is 46.3 Å². The van der Waals surface area contributed by atoms with Gasteiger partial charge in [0, 0.05) is 11.3 Å². The summed E-state index contributed by atoms with van der Waals surface area (Å²) in [5.41, 5.74) is 1.06. The Balaban J connectivity index is 2.40. The average Bonchev–Trinajstić information content (AvgIpc) is 2.42. The molecule has 86 valence electrons. The molecular weight excluding hydrogens is 210 g/mol. The van der Waals surface area contributed by atoms with Crippen LogP contribution in [0.2, 0.25) is 0 Å². The van der Waals surface area contributed by atoms with E-state index in [1.54, 1.807) is 11.3 Å². The first-order valence-electron chi connectivity index (χ1n) is 5.21. The van der Waals surface area contributed by atoms with Crippen molar-refractivity contribution in [2.75, 3.05) is 6.61 Å². The van der Waals surface area contributed by atoms with Gasteiger partial charge < -0.3 is 9.84 Å². The van der Waals surface area contributed by atoms with Crippen LogP contribution in [0.15, 0.2) is 0 Å². The van der Waals surface area contributed by atoms with Crippen LogP contribution < -0.4 is 0 Å². The highest BCUT2D eigenvalue weighted by molar-refractivity contribution is 7.11. The Morgan fingerprint density at radius 2 is 2.07 bits per heavy atom. The highest BCUT2D eigenvalue weighted by atomic mass is 32.1. The van der Waals surface area contributed by atoms with Crippen LogP contribution >= 0.6 is 11.3 Å². The van der Waals surface area contributed by atoms with E-state index in [9.17, 15) is 5.11 Å². The Morgan fingerprint density at radius 1 is 1.40 bits per heavy atom. The quantitative estimate of drug-likeness (QED) is 0.840. The molecule has 1 atom stereocenters. The van der Waals surface area contributed by atoms with Gasteiger partial charge in [0.25, 0.3) is 0 Å². The molecule has 0 saturated carbocycles. The Kier molecular flexibility index (Phi) is 4.70. The number of aromatic nitrogens is 1. The SMILES string of the molecule is Cc1nc(CC(O)COC(C)C)sc1C. The number of aliphatic hydroxyl groups is 1. The van der Waals surface area contributed by atoms with Gasteiger partial charge >= 0.3 is 0 Å². The van der Waals surface area contributed by atoms with Crippen LogP contribution in [0.3, 0.4) is 0 Å². The maximum absolute atomic E-state index is 9.69. The summed E-state index contributed by atoms with van der Waals surface area (Å²) in [5.74, 6) is 0. The largest absolute Gasteiger partial charge is 0.390 e. The van der Waals surface area contributed by atoms with Crippen LogP contribution in [-0.4, -0.2) is 28.9 Å². The monoisotopic (exact) mass is 229 g/mol. The second-order valence-electron chi connectivity index (χ2n) is 3.99. The lowest BCUT2D eigenvalue weighted by atomic mass is 10.3. The zero-order valence-corrected chi connectivity index (χ0v) is 10.6. The number of ether oxygens (including phenoxy) is 1. The van der Waals surface area contributed by atoms with Crippen LogP contribution in [0.25, 0.3) is 0 Å². The van der Waals surface area contributed by atoms with Crippen molar-refractivity contribution >= 4 is 11.3 Å². The zero-order valence-electron chi connectivity index (χ0n) is 9.78. The van der Waals surface area contributed by atoms with Gasteiger partial charge in [-0.15, -0.1) is 11.3 Å². The lowest BCUT2D eigenvalue weighted by Gasteiger charge is -2.11. The van der Waals surface area contributed by atoms with Gasteiger partial charge in [-0.1, -0.05) is 0 Å². The number of aliphatic hydroxyl groups excluding tert-OH is 1. The summed E-state index contributed by atoms with van der Waals surface area (Å²) in [5, 5.41) is 10.7. The Morgan fingerprint density at radius 3 is 2.53 bits per heavy atom. The molecule has 1 N–H and O–H groups in total. The van der Waals surface area contributed by atoms with Gasteiger partial charge in [-0.2, -0.15) is 0 Å². The van der Waals surface area contributed by atoms with Gasteiger partial charge in [0.05, 0.1) is 29.5 Å². The zero-order chi connectivity index (χ0) is 11.4. The second kappa shape index (κ2) is 5.58. The van der Waals surface area contributed by atoms with E-state index in [2.05, 4.69) is 4.98 Å². The molecule has 4 heteroatoms. The van der Waals surface area contributed by atoms with Gasteiger partial charge in [-0.05, 0) is 27.7 Å². The fraction of sp³-hybridized carbons (Fsp3) is 0.727. The fourth-order valence-electron chi connectivity index (χ4n) is 1.19. The predicted octanol–water partition coefficient (Wildman–Crippen LogP) is 2.09. The minimum absolute atomic E-state index is 0.166. The normalized spacial score (nSPS) is 13.5. The van der Waals surface area contributed by atoms with E-state index in [1.165, 1.54) is 4.88 Å². The molecule has 1 heterocycles. The fourth-order valence-corrected chi connectivity index (χ4v) is 2.20. The molecule has 0 fully saturated rings. The Hall–Kier alpha value is -0.450. The van der Waals surface area contributed by atoms with E-state index >= 15 is 0 Å². The van der Waals surface area contributed by atoms with Gasteiger partial charge in [-0.3, -0.25) is 0 Å². The highest BCUT2D eigenvalue weighted by Crippen LogP contribution is 2.17. The van der Waals surface area contributed by atoms with E-state index in [1.807, 2.05) is 27.7 Å². The van der Waals surface area contributed by atoms with Crippen molar-refractivity contribution < 1.29 is 9.84 Å². The summed E-state index contributed by atoms with van der Waals surface area (Å²) in [6, 6.07) is 0. The van der Waals surface area contributed by atoms with E-state index < -0.39 is 6.10 Å². The molecule has 1 rings (SSSR count). The van der Waals surface area contributed by atoms with Crippen LogP contribution in [0.4, 0.5) is 0 Å². The molecule has 0 aliphatic heterocycles. The Labute approximate surface area is 95.1 Å². The number of thiazole rings is 1. The lowest BCUT2D eigenvalue weighted by Crippen LogP contribution is -2.20. The van der Waals surface area contributed by atoms with E-state index in [-0.39, 0.29) is 6.10 Å². The van der Waals surface area contributed by atoms with Crippen LogP contribution in [0.5, 0.6) is 0 Å². The third-order valence-corrected chi connectivity index (χ3v) is 3.20. The lowest BCUT2D eigenvalue weighted by molar-refractivity contribution is 0.00619. The number of nitrogens with zero attached hydrogens (tertiary/aromatic N) is 1. The molecule has 0 aliphatic carbocycles. The van der Waals surface area contributed by atoms with Crippen molar-refractivity contribution in [2.24, 2.45) is 0 Å². The van der Waals surface area contributed by atoms with Gasteiger partial charge in [-0.25, -0.2) is 4.98 Å². The molecule has 0 saturated heterocycles. The summed E-state index contributed by atoms with van der Waals surface area (Å²) in [6.45, 7) is 8.35. The summed E-state index contributed by atoms with van der Waals surface area (Å²) in [6.07, 6.45) is 0.309. The molecule has 15 heavy (non-hydrogen) atoms. The van der Waals surface area contributed by atoms with Crippen molar-refractivity contribution in [3.63, 3.8) is 0 Å². The topological polar surface area (TPSA) is 42.4 Å². The summed E-state index contributed by atoms with van der Waals surface area (Å²) >= 11 is 1.65. The summed E-state index contributed by atoms with van der Waals surface area (Å²) in [7, 11) is 0. The summed E-state index contributed by atoms with van der Waals surface area (Å²) in [4.78, 5) is 5.60. The maximum atomic E-state index is 9.69. The molecule has 1 aromatic rings. The molecule has 0 aromatic carbocycles. The van der Waals surface area contributed by atoms with Crippen molar-refractivity contribution in [1.82, 2.24) is 4.98 Å². The average molecular weight is 229 g/mol. The van der Waals surface area contributed by atoms with Gasteiger partial charge in [0.15, 0.2) is 0 Å². The first kappa shape index (κ1) is 12.6. The van der Waals surface area contributed by atoms with Crippen molar-refractivity contribution in [3.05, 3.63) is 15.6 Å². The van der Waals surface area contributed by atoms with Gasteiger partial charge in [0.1, 0.15) is 0 Å². The number of hydrogen-bond donors (Lipinski definition) is 1. The second-order valence-corrected chi connectivity index (χ2v) is 5.28. The summed E-state index contributed by atoms with van der Waals surface area (Å²) < 4.78 is 5.34.